The fourth-order valence-electron chi connectivity index (χ4n) is 2.60. The molecule has 0 spiro atoms. The number of piperidine rings is 1. The van der Waals surface area contributed by atoms with Crippen LogP contribution in [0.5, 0.6) is 0 Å². The van der Waals surface area contributed by atoms with Gasteiger partial charge in [-0.2, -0.15) is 0 Å². The molecular formula is C14H20F2N2. The molecule has 1 aromatic carbocycles. The molecule has 0 bridgehead atoms. The summed E-state index contributed by atoms with van der Waals surface area (Å²) in [7, 11) is 1.97. The van der Waals surface area contributed by atoms with Gasteiger partial charge in [0.2, 0.25) is 0 Å². The van der Waals surface area contributed by atoms with E-state index in [4.69, 9.17) is 0 Å². The molecule has 1 heterocycles. The van der Waals surface area contributed by atoms with Crippen LogP contribution in [-0.4, -0.2) is 31.6 Å². The second-order valence-electron chi connectivity index (χ2n) is 5.05. The van der Waals surface area contributed by atoms with E-state index >= 15 is 0 Å². The molecule has 1 saturated heterocycles. The topological polar surface area (TPSA) is 15.3 Å². The van der Waals surface area contributed by atoms with E-state index in [0.29, 0.717) is 6.54 Å². The van der Waals surface area contributed by atoms with Crippen LogP contribution < -0.4 is 5.32 Å². The molecular weight excluding hydrogens is 234 g/mol. The molecule has 0 aromatic heterocycles. The number of halogens is 2. The molecule has 1 aliphatic heterocycles. The lowest BCUT2D eigenvalue weighted by molar-refractivity contribution is 0.176. The molecule has 0 aliphatic carbocycles. The maximum atomic E-state index is 13.1. The third-order valence-corrected chi connectivity index (χ3v) is 3.53. The number of rotatable bonds is 4. The second-order valence-corrected chi connectivity index (χ2v) is 5.05. The van der Waals surface area contributed by atoms with Gasteiger partial charge in [0, 0.05) is 12.6 Å². The Kier molecular flexibility index (Phi) is 4.66. The van der Waals surface area contributed by atoms with Crippen molar-refractivity contribution < 1.29 is 8.78 Å². The molecule has 4 heteroatoms. The number of hydrogen-bond acceptors (Lipinski definition) is 2. The van der Waals surface area contributed by atoms with Crippen LogP contribution in [-0.2, 0) is 6.54 Å². The zero-order valence-corrected chi connectivity index (χ0v) is 10.8. The van der Waals surface area contributed by atoms with E-state index in [1.165, 1.54) is 12.1 Å². The lowest BCUT2D eigenvalue weighted by Crippen LogP contribution is -2.36. The minimum absolute atomic E-state index is 0.491. The van der Waals surface area contributed by atoms with Crippen LogP contribution in [0.2, 0.25) is 0 Å². The Morgan fingerprint density at radius 2 is 1.78 bits per heavy atom. The maximum Gasteiger partial charge on any atom is 0.126 e. The highest BCUT2D eigenvalue weighted by Gasteiger charge is 2.18. The van der Waals surface area contributed by atoms with Gasteiger partial charge in [-0.05, 0) is 63.1 Å². The highest BCUT2D eigenvalue weighted by molar-refractivity contribution is 5.17. The highest BCUT2D eigenvalue weighted by Crippen LogP contribution is 2.19. The van der Waals surface area contributed by atoms with Gasteiger partial charge in [-0.1, -0.05) is 0 Å². The Hall–Kier alpha value is -1.00. The van der Waals surface area contributed by atoms with Crippen molar-refractivity contribution in [2.75, 3.05) is 26.7 Å². The molecule has 0 radical (unpaired) electrons. The van der Waals surface area contributed by atoms with Crippen molar-refractivity contribution in [2.24, 2.45) is 5.92 Å². The van der Waals surface area contributed by atoms with Gasteiger partial charge < -0.3 is 5.32 Å². The third-order valence-electron chi connectivity index (χ3n) is 3.53. The van der Waals surface area contributed by atoms with Gasteiger partial charge in [-0.3, -0.25) is 4.90 Å². The number of benzene rings is 1. The monoisotopic (exact) mass is 254 g/mol. The summed E-state index contributed by atoms with van der Waals surface area (Å²) < 4.78 is 26.2. The Morgan fingerprint density at radius 3 is 2.33 bits per heavy atom. The first-order valence-electron chi connectivity index (χ1n) is 6.49. The van der Waals surface area contributed by atoms with Crippen LogP contribution in [0.15, 0.2) is 18.2 Å². The van der Waals surface area contributed by atoms with Gasteiger partial charge in [0.05, 0.1) is 0 Å². The Balaban J connectivity index is 1.87. The van der Waals surface area contributed by atoms with Crippen LogP contribution in [0.1, 0.15) is 18.4 Å². The maximum absolute atomic E-state index is 13.1. The van der Waals surface area contributed by atoms with Gasteiger partial charge in [-0.25, -0.2) is 8.78 Å². The largest absolute Gasteiger partial charge is 0.319 e. The van der Waals surface area contributed by atoms with Crippen LogP contribution in [0.25, 0.3) is 0 Å². The minimum Gasteiger partial charge on any atom is -0.319 e. The van der Waals surface area contributed by atoms with Gasteiger partial charge >= 0.3 is 0 Å². The Morgan fingerprint density at radius 1 is 1.17 bits per heavy atom. The third kappa shape index (κ3) is 3.75. The van der Waals surface area contributed by atoms with Gasteiger partial charge in [0.25, 0.3) is 0 Å². The molecule has 100 valence electrons. The van der Waals surface area contributed by atoms with E-state index in [0.717, 1.165) is 50.0 Å². The van der Waals surface area contributed by atoms with Crippen LogP contribution in [0.4, 0.5) is 8.78 Å². The molecule has 1 aromatic rings. The van der Waals surface area contributed by atoms with Crippen molar-refractivity contribution in [2.45, 2.75) is 19.4 Å². The fourth-order valence-corrected chi connectivity index (χ4v) is 2.60. The van der Waals surface area contributed by atoms with Gasteiger partial charge in [-0.15, -0.1) is 0 Å². The summed E-state index contributed by atoms with van der Waals surface area (Å²) in [6.45, 7) is 3.71. The van der Waals surface area contributed by atoms with E-state index in [9.17, 15) is 8.78 Å². The van der Waals surface area contributed by atoms with Crippen molar-refractivity contribution in [1.82, 2.24) is 10.2 Å². The summed E-state index contributed by atoms with van der Waals surface area (Å²) in [5.74, 6) is -0.249. The van der Waals surface area contributed by atoms with Crippen LogP contribution in [0, 0.1) is 17.6 Å². The summed E-state index contributed by atoms with van der Waals surface area (Å²) in [6.07, 6.45) is 2.30. The Labute approximate surface area is 107 Å². The van der Waals surface area contributed by atoms with Crippen molar-refractivity contribution in [3.63, 3.8) is 0 Å². The molecule has 2 nitrogen and oxygen atoms in total. The van der Waals surface area contributed by atoms with E-state index in [1.807, 2.05) is 7.05 Å². The van der Waals surface area contributed by atoms with Crippen molar-refractivity contribution in [3.05, 3.63) is 35.4 Å². The highest BCUT2D eigenvalue weighted by atomic mass is 19.1. The first kappa shape index (κ1) is 13.4. The smallest absolute Gasteiger partial charge is 0.126 e. The summed E-state index contributed by atoms with van der Waals surface area (Å²) in [4.78, 5) is 2.26. The summed E-state index contributed by atoms with van der Waals surface area (Å²) in [5.41, 5.74) is 0.722. The van der Waals surface area contributed by atoms with E-state index in [1.54, 1.807) is 0 Å². The second kappa shape index (κ2) is 6.25. The number of likely N-dealkylation sites (tertiary alicyclic amines) is 1. The quantitative estimate of drug-likeness (QED) is 0.887. The van der Waals surface area contributed by atoms with Crippen LogP contribution in [0.3, 0.4) is 0 Å². The van der Waals surface area contributed by atoms with E-state index < -0.39 is 11.6 Å². The molecule has 1 fully saturated rings. The summed E-state index contributed by atoms with van der Waals surface area (Å²) in [6, 6.07) is 3.76. The first-order valence-corrected chi connectivity index (χ1v) is 6.49. The lowest BCUT2D eigenvalue weighted by atomic mass is 9.96. The molecule has 1 aliphatic rings. The number of nitrogens with one attached hydrogen (secondary N) is 1. The standard InChI is InChI=1S/C14H20F2N2/c1-17-9-11-2-4-18(5-3-11)10-12-6-13(15)8-14(16)7-12/h6-8,11,17H,2-5,9-10H2,1H3. The predicted octanol–water partition coefficient (Wildman–Crippen LogP) is 2.40. The van der Waals surface area contributed by atoms with Crippen molar-refractivity contribution in [1.29, 1.82) is 0 Å². The molecule has 0 amide bonds. The fraction of sp³-hybridized carbons (Fsp3) is 0.571. The zero-order valence-electron chi connectivity index (χ0n) is 10.8. The number of nitrogens with zero attached hydrogens (tertiary/aromatic N) is 1. The molecule has 18 heavy (non-hydrogen) atoms. The molecule has 2 rings (SSSR count). The molecule has 0 saturated carbocycles. The molecule has 0 atom stereocenters. The first-order chi connectivity index (χ1) is 8.67. The van der Waals surface area contributed by atoms with E-state index in [-0.39, 0.29) is 0 Å². The average molecular weight is 254 g/mol. The number of hydrogen-bond donors (Lipinski definition) is 1. The van der Waals surface area contributed by atoms with Crippen molar-refractivity contribution >= 4 is 0 Å². The van der Waals surface area contributed by atoms with Crippen molar-refractivity contribution in [3.8, 4) is 0 Å². The molecule has 0 unspecified atom stereocenters. The van der Waals surface area contributed by atoms with Crippen LogP contribution >= 0.6 is 0 Å². The van der Waals surface area contributed by atoms with E-state index in [2.05, 4.69) is 10.2 Å². The van der Waals surface area contributed by atoms with Gasteiger partial charge in [0.15, 0.2) is 0 Å². The minimum atomic E-state index is -0.491. The predicted molar refractivity (Wildman–Crippen MR) is 68.3 cm³/mol. The Bertz CT molecular complexity index is 367. The average Bonchev–Trinajstić information content (AvgIpc) is 2.31. The lowest BCUT2D eigenvalue weighted by Gasteiger charge is -2.31. The van der Waals surface area contributed by atoms with Gasteiger partial charge in [0.1, 0.15) is 11.6 Å². The zero-order chi connectivity index (χ0) is 13.0. The summed E-state index contributed by atoms with van der Waals surface area (Å²) in [5, 5.41) is 3.20. The molecule has 1 N–H and O–H groups in total. The SMILES string of the molecule is CNCC1CCN(Cc2cc(F)cc(F)c2)CC1. The normalized spacial score (nSPS) is 18.2. The summed E-state index contributed by atoms with van der Waals surface area (Å²) >= 11 is 0.